The van der Waals surface area contributed by atoms with Crippen molar-refractivity contribution < 1.29 is 14.4 Å². The Morgan fingerprint density at radius 1 is 1.50 bits per heavy atom. The van der Waals surface area contributed by atoms with Crippen LogP contribution in [0.15, 0.2) is 4.52 Å². The van der Waals surface area contributed by atoms with E-state index in [0.717, 1.165) is 6.54 Å². The highest BCUT2D eigenvalue weighted by Crippen LogP contribution is 2.12. The Morgan fingerprint density at radius 3 is 2.81 bits per heavy atom. The number of carbonyl (C=O) groups excluding carboxylic acids is 1. The lowest BCUT2D eigenvalue weighted by Crippen LogP contribution is -2.32. The minimum absolute atomic E-state index is 0.237. The number of rotatable bonds is 6. The van der Waals surface area contributed by atoms with Crippen LogP contribution in [0.25, 0.3) is 0 Å². The summed E-state index contributed by atoms with van der Waals surface area (Å²) in [6.07, 6.45) is 0. The van der Waals surface area contributed by atoms with Crippen LogP contribution < -0.4 is 10.6 Å². The van der Waals surface area contributed by atoms with E-state index in [2.05, 4.69) is 15.8 Å². The van der Waals surface area contributed by atoms with Gasteiger partial charge in [-0.2, -0.15) is 0 Å². The lowest BCUT2D eigenvalue weighted by molar-refractivity contribution is 0.0944. The van der Waals surface area contributed by atoms with E-state index < -0.39 is 0 Å². The average Bonchev–Trinajstić information content (AvgIpc) is 2.65. The molecular formula is C10H17N3O3. The van der Waals surface area contributed by atoms with Gasteiger partial charge in [-0.05, 0) is 13.5 Å². The number of aliphatic hydroxyl groups excluding tert-OH is 1. The molecule has 16 heavy (non-hydrogen) atoms. The fourth-order valence-electron chi connectivity index (χ4n) is 1.25. The second kappa shape index (κ2) is 6.24. The summed E-state index contributed by atoms with van der Waals surface area (Å²) in [5, 5.41) is 18.3. The van der Waals surface area contributed by atoms with Crippen molar-refractivity contribution >= 4 is 5.91 Å². The zero-order valence-electron chi connectivity index (χ0n) is 9.54. The van der Waals surface area contributed by atoms with Crippen molar-refractivity contribution in [3.8, 4) is 0 Å². The highest BCUT2D eigenvalue weighted by molar-refractivity contribution is 5.93. The molecule has 0 atom stereocenters. The van der Waals surface area contributed by atoms with Gasteiger partial charge >= 0.3 is 0 Å². The van der Waals surface area contributed by atoms with Crippen LogP contribution in [0.4, 0.5) is 0 Å². The van der Waals surface area contributed by atoms with Crippen LogP contribution in [0.3, 0.4) is 0 Å². The summed E-state index contributed by atoms with van der Waals surface area (Å²) in [5.74, 6) is 0.0516. The standard InChI is InChI=1S/C10H17N3O3/c1-3-11-4-5-12-10(15)9-7(2)8(6-14)16-13-9/h11,14H,3-6H2,1-2H3,(H,12,15). The first kappa shape index (κ1) is 12.7. The molecule has 0 bridgehead atoms. The number of nitrogens with one attached hydrogen (secondary N) is 2. The van der Waals surface area contributed by atoms with Crippen LogP contribution in [0.5, 0.6) is 0 Å². The SMILES string of the molecule is CCNCCNC(=O)c1noc(CO)c1C. The molecule has 0 saturated heterocycles. The molecule has 1 aromatic rings. The van der Waals surface area contributed by atoms with Gasteiger partial charge in [0.2, 0.25) is 0 Å². The molecule has 0 aliphatic carbocycles. The minimum Gasteiger partial charge on any atom is -0.388 e. The first-order chi connectivity index (χ1) is 7.70. The fourth-order valence-corrected chi connectivity index (χ4v) is 1.25. The van der Waals surface area contributed by atoms with Crippen molar-refractivity contribution in [2.24, 2.45) is 0 Å². The lowest BCUT2D eigenvalue weighted by Gasteiger charge is -2.03. The van der Waals surface area contributed by atoms with Gasteiger partial charge in [0.15, 0.2) is 11.5 Å². The summed E-state index contributed by atoms with van der Waals surface area (Å²) >= 11 is 0. The molecule has 1 amide bonds. The molecule has 0 radical (unpaired) electrons. The third-order valence-corrected chi connectivity index (χ3v) is 2.22. The van der Waals surface area contributed by atoms with Crippen molar-refractivity contribution in [2.75, 3.05) is 19.6 Å². The Labute approximate surface area is 94.0 Å². The number of amides is 1. The minimum atomic E-state index is -0.279. The van der Waals surface area contributed by atoms with Gasteiger partial charge in [0.05, 0.1) is 0 Å². The first-order valence-electron chi connectivity index (χ1n) is 5.25. The maximum absolute atomic E-state index is 11.6. The van der Waals surface area contributed by atoms with E-state index in [1.54, 1.807) is 6.92 Å². The van der Waals surface area contributed by atoms with E-state index in [1.807, 2.05) is 6.92 Å². The molecule has 0 fully saturated rings. The Bertz CT molecular complexity index is 349. The van der Waals surface area contributed by atoms with E-state index >= 15 is 0 Å². The van der Waals surface area contributed by atoms with E-state index in [9.17, 15) is 4.79 Å². The molecule has 0 aliphatic rings. The van der Waals surface area contributed by atoms with Gasteiger partial charge in [-0.25, -0.2) is 0 Å². The summed E-state index contributed by atoms with van der Waals surface area (Å²) in [5.41, 5.74) is 0.823. The van der Waals surface area contributed by atoms with Crippen molar-refractivity contribution in [1.29, 1.82) is 0 Å². The Morgan fingerprint density at radius 2 is 2.25 bits per heavy atom. The monoisotopic (exact) mass is 227 g/mol. The summed E-state index contributed by atoms with van der Waals surface area (Å²) in [4.78, 5) is 11.6. The maximum Gasteiger partial charge on any atom is 0.273 e. The third kappa shape index (κ3) is 3.04. The van der Waals surface area contributed by atoms with Crippen molar-refractivity contribution in [2.45, 2.75) is 20.5 Å². The molecule has 1 heterocycles. The number of aromatic nitrogens is 1. The van der Waals surface area contributed by atoms with E-state index in [0.29, 0.717) is 24.4 Å². The van der Waals surface area contributed by atoms with Crippen LogP contribution in [0.2, 0.25) is 0 Å². The third-order valence-electron chi connectivity index (χ3n) is 2.22. The maximum atomic E-state index is 11.6. The summed E-state index contributed by atoms with van der Waals surface area (Å²) in [6, 6.07) is 0. The molecule has 3 N–H and O–H groups in total. The quantitative estimate of drug-likeness (QED) is 0.586. The van der Waals surface area contributed by atoms with Gasteiger partial charge in [-0.15, -0.1) is 0 Å². The zero-order chi connectivity index (χ0) is 12.0. The van der Waals surface area contributed by atoms with E-state index in [1.165, 1.54) is 0 Å². The lowest BCUT2D eigenvalue weighted by atomic mass is 10.2. The van der Waals surface area contributed by atoms with Crippen LogP contribution in [0, 0.1) is 6.92 Å². The Balaban J connectivity index is 2.49. The molecule has 0 unspecified atom stereocenters. The van der Waals surface area contributed by atoms with Crippen molar-refractivity contribution in [1.82, 2.24) is 15.8 Å². The number of carbonyl (C=O) groups is 1. The van der Waals surface area contributed by atoms with Crippen LogP contribution in [0.1, 0.15) is 28.7 Å². The summed E-state index contributed by atoms with van der Waals surface area (Å²) < 4.78 is 4.82. The molecule has 6 nitrogen and oxygen atoms in total. The Hall–Kier alpha value is -1.40. The summed E-state index contributed by atoms with van der Waals surface area (Å²) in [7, 11) is 0. The molecule has 1 rings (SSSR count). The second-order valence-corrected chi connectivity index (χ2v) is 3.35. The van der Waals surface area contributed by atoms with E-state index in [-0.39, 0.29) is 18.2 Å². The van der Waals surface area contributed by atoms with Crippen LogP contribution >= 0.6 is 0 Å². The molecule has 6 heteroatoms. The van der Waals surface area contributed by atoms with Gasteiger partial charge < -0.3 is 20.3 Å². The number of aliphatic hydroxyl groups is 1. The molecule has 0 spiro atoms. The smallest absolute Gasteiger partial charge is 0.273 e. The van der Waals surface area contributed by atoms with Crippen molar-refractivity contribution in [3.63, 3.8) is 0 Å². The van der Waals surface area contributed by atoms with Gasteiger partial charge in [0.1, 0.15) is 6.61 Å². The normalized spacial score (nSPS) is 10.4. The fraction of sp³-hybridized carbons (Fsp3) is 0.600. The highest BCUT2D eigenvalue weighted by atomic mass is 16.5. The number of nitrogens with zero attached hydrogens (tertiary/aromatic N) is 1. The predicted molar refractivity (Wildman–Crippen MR) is 58.0 cm³/mol. The van der Waals surface area contributed by atoms with Gasteiger partial charge in [-0.1, -0.05) is 12.1 Å². The van der Waals surface area contributed by atoms with Crippen molar-refractivity contribution in [3.05, 3.63) is 17.0 Å². The molecule has 0 aromatic carbocycles. The van der Waals surface area contributed by atoms with Gasteiger partial charge in [0.25, 0.3) is 5.91 Å². The number of hydrogen-bond donors (Lipinski definition) is 3. The average molecular weight is 227 g/mol. The molecule has 0 aliphatic heterocycles. The molecule has 90 valence electrons. The molecule has 0 saturated carbocycles. The Kier molecular flexibility index (Phi) is 4.94. The van der Waals surface area contributed by atoms with E-state index in [4.69, 9.17) is 9.63 Å². The van der Waals surface area contributed by atoms with Crippen LogP contribution in [-0.4, -0.2) is 35.8 Å². The van der Waals surface area contributed by atoms with Crippen LogP contribution in [-0.2, 0) is 6.61 Å². The first-order valence-corrected chi connectivity index (χ1v) is 5.25. The van der Waals surface area contributed by atoms with Gasteiger partial charge in [0, 0.05) is 18.7 Å². The highest BCUT2D eigenvalue weighted by Gasteiger charge is 2.17. The predicted octanol–water partition coefficient (Wildman–Crippen LogP) is -0.185. The van der Waals surface area contributed by atoms with Gasteiger partial charge in [-0.3, -0.25) is 4.79 Å². The largest absolute Gasteiger partial charge is 0.388 e. The molecular weight excluding hydrogens is 210 g/mol. The number of likely N-dealkylation sites (N-methyl/N-ethyl adjacent to an activating group) is 1. The second-order valence-electron chi connectivity index (χ2n) is 3.35. The zero-order valence-corrected chi connectivity index (χ0v) is 9.54. The number of hydrogen-bond acceptors (Lipinski definition) is 5. The molecule has 1 aromatic heterocycles. The summed E-state index contributed by atoms with van der Waals surface area (Å²) in [6.45, 7) is 5.56. The topological polar surface area (TPSA) is 87.4 Å².